The predicted molar refractivity (Wildman–Crippen MR) is 73.0 cm³/mol. The van der Waals surface area contributed by atoms with Crippen LogP contribution < -0.4 is 11.1 Å². The van der Waals surface area contributed by atoms with Crippen LogP contribution in [-0.4, -0.2) is 0 Å². The molecule has 0 amide bonds. The van der Waals surface area contributed by atoms with E-state index in [4.69, 9.17) is 5.73 Å². The molecule has 0 atom stereocenters. The number of halogens is 1. The topological polar surface area (TPSA) is 38.0 Å². The van der Waals surface area contributed by atoms with Crippen LogP contribution >= 0.6 is 15.9 Å². The highest BCUT2D eigenvalue weighted by Gasteiger charge is 1.98. The molecule has 82 valence electrons. The fourth-order valence-corrected chi connectivity index (χ4v) is 1.75. The van der Waals surface area contributed by atoms with Gasteiger partial charge in [-0.25, -0.2) is 0 Å². The molecule has 3 N–H and O–H groups in total. The number of aryl methyl sites for hydroxylation is 1. The number of rotatable bonds is 2. The normalized spacial score (nSPS) is 10.1. The summed E-state index contributed by atoms with van der Waals surface area (Å²) in [7, 11) is 0. The first kappa shape index (κ1) is 11.0. The Hall–Kier alpha value is -1.48. The summed E-state index contributed by atoms with van der Waals surface area (Å²) in [6.45, 7) is 2.06. The number of benzene rings is 2. The van der Waals surface area contributed by atoms with Gasteiger partial charge in [-0.05, 0) is 48.9 Å². The minimum absolute atomic E-state index is 0.763. The Bertz CT molecular complexity index is 509. The van der Waals surface area contributed by atoms with E-state index in [0.29, 0.717) is 0 Å². The number of anilines is 3. The Balaban J connectivity index is 2.24. The zero-order valence-corrected chi connectivity index (χ0v) is 10.6. The van der Waals surface area contributed by atoms with Crippen molar-refractivity contribution in [2.45, 2.75) is 6.92 Å². The second-order valence-corrected chi connectivity index (χ2v) is 4.57. The lowest BCUT2D eigenvalue weighted by Crippen LogP contribution is -1.92. The highest BCUT2D eigenvalue weighted by atomic mass is 79.9. The summed E-state index contributed by atoms with van der Waals surface area (Å²) >= 11 is 3.48. The van der Waals surface area contributed by atoms with Crippen LogP contribution in [0.1, 0.15) is 5.56 Å². The maximum absolute atomic E-state index is 5.72. The second kappa shape index (κ2) is 4.58. The number of nitrogens with two attached hydrogens (primary N) is 1. The first-order valence-electron chi connectivity index (χ1n) is 5.04. The van der Waals surface area contributed by atoms with Crippen molar-refractivity contribution < 1.29 is 0 Å². The molecule has 0 aliphatic carbocycles. The molecule has 2 aromatic rings. The lowest BCUT2D eigenvalue weighted by molar-refractivity contribution is 1.42. The lowest BCUT2D eigenvalue weighted by atomic mass is 10.2. The molecule has 2 nitrogen and oxygen atoms in total. The SMILES string of the molecule is Cc1cc(Nc2cccc(N)c2)ccc1Br. The summed E-state index contributed by atoms with van der Waals surface area (Å²) in [4.78, 5) is 0. The molecule has 0 spiro atoms. The molecule has 0 saturated heterocycles. The number of nitrogen functional groups attached to an aromatic ring is 1. The van der Waals surface area contributed by atoms with Crippen LogP contribution in [0.15, 0.2) is 46.9 Å². The van der Waals surface area contributed by atoms with Crippen LogP contribution in [0.3, 0.4) is 0 Å². The standard InChI is InChI=1S/C13H13BrN2/c1-9-7-12(5-6-13(9)14)16-11-4-2-3-10(15)8-11/h2-8,16H,15H2,1H3. The van der Waals surface area contributed by atoms with Gasteiger partial charge in [-0.2, -0.15) is 0 Å². The third-order valence-corrected chi connectivity index (χ3v) is 3.22. The molecular formula is C13H13BrN2. The van der Waals surface area contributed by atoms with Crippen LogP contribution in [0.2, 0.25) is 0 Å². The first-order chi connectivity index (χ1) is 7.65. The van der Waals surface area contributed by atoms with Crippen LogP contribution in [-0.2, 0) is 0 Å². The van der Waals surface area contributed by atoms with Gasteiger partial charge in [-0.1, -0.05) is 22.0 Å². The van der Waals surface area contributed by atoms with Crippen molar-refractivity contribution >= 4 is 33.0 Å². The minimum Gasteiger partial charge on any atom is -0.399 e. The van der Waals surface area contributed by atoms with Crippen molar-refractivity contribution in [3.63, 3.8) is 0 Å². The summed E-state index contributed by atoms with van der Waals surface area (Å²) < 4.78 is 1.12. The maximum atomic E-state index is 5.72. The molecule has 0 aliphatic heterocycles. The summed E-state index contributed by atoms with van der Waals surface area (Å²) in [6, 6.07) is 13.9. The fourth-order valence-electron chi connectivity index (χ4n) is 1.51. The number of nitrogens with one attached hydrogen (secondary N) is 1. The molecule has 3 heteroatoms. The Morgan fingerprint density at radius 3 is 2.50 bits per heavy atom. The van der Waals surface area contributed by atoms with Crippen molar-refractivity contribution in [3.05, 3.63) is 52.5 Å². The van der Waals surface area contributed by atoms with Gasteiger partial charge in [0.05, 0.1) is 0 Å². The van der Waals surface area contributed by atoms with Crippen molar-refractivity contribution in [2.24, 2.45) is 0 Å². The Labute approximate surface area is 104 Å². The van der Waals surface area contributed by atoms with Crippen LogP contribution in [0, 0.1) is 6.92 Å². The van der Waals surface area contributed by atoms with E-state index in [2.05, 4.69) is 34.2 Å². The Kier molecular flexibility index (Phi) is 3.15. The third-order valence-electron chi connectivity index (χ3n) is 2.33. The molecule has 0 aliphatic rings. The summed E-state index contributed by atoms with van der Waals surface area (Å²) in [5.74, 6) is 0. The molecule has 0 saturated carbocycles. The zero-order valence-electron chi connectivity index (χ0n) is 9.00. The summed E-state index contributed by atoms with van der Waals surface area (Å²) in [6.07, 6.45) is 0. The van der Waals surface area contributed by atoms with E-state index in [-0.39, 0.29) is 0 Å². The van der Waals surface area contributed by atoms with E-state index in [1.807, 2.05) is 36.4 Å². The number of hydrogen-bond donors (Lipinski definition) is 2. The maximum Gasteiger partial charge on any atom is 0.0404 e. The largest absolute Gasteiger partial charge is 0.399 e. The smallest absolute Gasteiger partial charge is 0.0404 e. The highest BCUT2D eigenvalue weighted by Crippen LogP contribution is 2.23. The molecule has 16 heavy (non-hydrogen) atoms. The zero-order chi connectivity index (χ0) is 11.5. The predicted octanol–water partition coefficient (Wildman–Crippen LogP) is 4.08. The lowest BCUT2D eigenvalue weighted by Gasteiger charge is -2.08. The van der Waals surface area contributed by atoms with E-state index in [0.717, 1.165) is 21.5 Å². The summed E-state index contributed by atoms with van der Waals surface area (Å²) in [5, 5.41) is 3.31. The van der Waals surface area contributed by atoms with E-state index < -0.39 is 0 Å². The van der Waals surface area contributed by atoms with E-state index in [1.165, 1.54) is 5.56 Å². The molecule has 0 fully saturated rings. The molecule has 0 bridgehead atoms. The van der Waals surface area contributed by atoms with Gasteiger partial charge in [0.2, 0.25) is 0 Å². The van der Waals surface area contributed by atoms with E-state index >= 15 is 0 Å². The van der Waals surface area contributed by atoms with E-state index in [9.17, 15) is 0 Å². The van der Waals surface area contributed by atoms with Gasteiger partial charge in [0, 0.05) is 21.5 Å². The molecule has 0 aromatic heterocycles. The van der Waals surface area contributed by atoms with Gasteiger partial charge in [0.1, 0.15) is 0 Å². The van der Waals surface area contributed by atoms with Gasteiger partial charge in [-0.3, -0.25) is 0 Å². The quantitative estimate of drug-likeness (QED) is 0.811. The summed E-state index contributed by atoms with van der Waals surface area (Å²) in [5.41, 5.74) is 9.75. The fraction of sp³-hybridized carbons (Fsp3) is 0.0769. The molecule has 0 radical (unpaired) electrons. The highest BCUT2D eigenvalue weighted by molar-refractivity contribution is 9.10. The monoisotopic (exact) mass is 276 g/mol. The van der Waals surface area contributed by atoms with Crippen LogP contribution in [0.25, 0.3) is 0 Å². The molecule has 2 rings (SSSR count). The molecular weight excluding hydrogens is 264 g/mol. The third kappa shape index (κ3) is 2.55. The minimum atomic E-state index is 0.763. The van der Waals surface area contributed by atoms with Crippen molar-refractivity contribution in [3.8, 4) is 0 Å². The van der Waals surface area contributed by atoms with Crippen LogP contribution in [0.4, 0.5) is 17.1 Å². The van der Waals surface area contributed by atoms with Crippen molar-refractivity contribution in [1.29, 1.82) is 0 Å². The number of hydrogen-bond acceptors (Lipinski definition) is 2. The Morgan fingerprint density at radius 1 is 1.06 bits per heavy atom. The van der Waals surface area contributed by atoms with Crippen molar-refractivity contribution in [1.82, 2.24) is 0 Å². The van der Waals surface area contributed by atoms with Gasteiger partial charge in [0.15, 0.2) is 0 Å². The van der Waals surface area contributed by atoms with Gasteiger partial charge < -0.3 is 11.1 Å². The molecule has 0 unspecified atom stereocenters. The molecule has 2 aromatic carbocycles. The second-order valence-electron chi connectivity index (χ2n) is 3.71. The first-order valence-corrected chi connectivity index (χ1v) is 5.83. The van der Waals surface area contributed by atoms with Gasteiger partial charge in [0.25, 0.3) is 0 Å². The van der Waals surface area contributed by atoms with Gasteiger partial charge >= 0.3 is 0 Å². The van der Waals surface area contributed by atoms with Crippen LogP contribution in [0.5, 0.6) is 0 Å². The Morgan fingerprint density at radius 2 is 1.81 bits per heavy atom. The average Bonchev–Trinajstić information content (AvgIpc) is 2.24. The average molecular weight is 277 g/mol. The van der Waals surface area contributed by atoms with Crippen molar-refractivity contribution in [2.75, 3.05) is 11.1 Å². The molecule has 0 heterocycles. The van der Waals surface area contributed by atoms with E-state index in [1.54, 1.807) is 0 Å². The van der Waals surface area contributed by atoms with Gasteiger partial charge in [-0.15, -0.1) is 0 Å².